The molecule has 0 amide bonds. The van der Waals surface area contributed by atoms with Gasteiger partial charge in [-0.1, -0.05) is 6.92 Å². The number of aldehydes is 1. The molecule has 0 aromatic carbocycles. The van der Waals surface area contributed by atoms with Crippen molar-refractivity contribution in [2.45, 2.75) is 40.5 Å². The monoisotopic (exact) mass is 262 g/mol. The molecule has 0 aromatic rings. The number of Topliss-reactive ketones (excluding diaryl/α,β-unsaturated/α-hetero) is 3. The van der Waals surface area contributed by atoms with Gasteiger partial charge in [0.1, 0.15) is 6.29 Å². The lowest BCUT2D eigenvalue weighted by molar-refractivity contribution is -0.121. The van der Waals surface area contributed by atoms with Crippen LogP contribution in [0.2, 0.25) is 0 Å². The maximum absolute atomic E-state index is 11.7. The van der Waals surface area contributed by atoms with Crippen LogP contribution < -0.4 is 0 Å². The second kappa shape index (κ2) is 5.43. The Hall–Kier alpha value is -1.84. The molecule has 1 aliphatic carbocycles. The average Bonchev–Trinajstić information content (AvgIpc) is 2.36. The molecule has 0 radical (unpaired) electrons. The Morgan fingerprint density at radius 1 is 1.16 bits per heavy atom. The number of allylic oxidation sites excluding steroid dienone is 4. The van der Waals surface area contributed by atoms with Crippen molar-refractivity contribution in [1.29, 1.82) is 0 Å². The van der Waals surface area contributed by atoms with Crippen LogP contribution in [0.1, 0.15) is 40.5 Å². The second-order valence-electron chi connectivity index (χ2n) is 4.92. The highest BCUT2D eigenvalue weighted by molar-refractivity contribution is 6.11. The van der Waals surface area contributed by atoms with Gasteiger partial charge in [-0.3, -0.25) is 14.4 Å². The molecule has 1 rings (SSSR count). The Morgan fingerprint density at radius 2 is 1.74 bits per heavy atom. The Kier molecular flexibility index (Phi) is 4.35. The van der Waals surface area contributed by atoms with E-state index in [-0.39, 0.29) is 29.3 Å². The fraction of sp³-hybridized carbons (Fsp3) is 0.467. The van der Waals surface area contributed by atoms with Gasteiger partial charge in [0, 0.05) is 16.7 Å². The summed E-state index contributed by atoms with van der Waals surface area (Å²) in [6, 6.07) is 0. The van der Waals surface area contributed by atoms with Crippen molar-refractivity contribution in [3.05, 3.63) is 22.8 Å². The molecule has 1 unspecified atom stereocenters. The molecule has 0 heterocycles. The Labute approximate surface area is 112 Å². The van der Waals surface area contributed by atoms with Crippen molar-refractivity contribution in [3.8, 4) is 0 Å². The Morgan fingerprint density at radius 3 is 2.05 bits per heavy atom. The Balaban J connectivity index is 3.57. The number of rotatable bonds is 5. The molecule has 4 heteroatoms. The SMILES string of the molecule is CCC1(C=O)CC(C(C)=O)=C(C(C)=O)C=C1C(C)=O. The predicted molar refractivity (Wildman–Crippen MR) is 70.6 cm³/mol. The molecule has 0 fully saturated rings. The molecule has 0 aliphatic heterocycles. The van der Waals surface area contributed by atoms with Gasteiger partial charge in [0.2, 0.25) is 0 Å². The third-order valence-corrected chi connectivity index (χ3v) is 3.68. The van der Waals surface area contributed by atoms with Crippen molar-refractivity contribution < 1.29 is 19.2 Å². The van der Waals surface area contributed by atoms with Crippen LogP contribution in [0.3, 0.4) is 0 Å². The van der Waals surface area contributed by atoms with E-state index >= 15 is 0 Å². The van der Waals surface area contributed by atoms with Crippen molar-refractivity contribution in [1.82, 2.24) is 0 Å². The van der Waals surface area contributed by atoms with Gasteiger partial charge in [0.25, 0.3) is 0 Å². The van der Waals surface area contributed by atoms with Crippen LogP contribution in [0.25, 0.3) is 0 Å². The van der Waals surface area contributed by atoms with Crippen LogP contribution in [-0.2, 0) is 19.2 Å². The van der Waals surface area contributed by atoms with Crippen molar-refractivity contribution >= 4 is 23.6 Å². The van der Waals surface area contributed by atoms with Crippen LogP contribution in [-0.4, -0.2) is 23.6 Å². The first-order valence-corrected chi connectivity index (χ1v) is 6.23. The zero-order valence-electron chi connectivity index (χ0n) is 11.7. The first-order chi connectivity index (χ1) is 8.79. The quantitative estimate of drug-likeness (QED) is 0.710. The van der Waals surface area contributed by atoms with E-state index in [9.17, 15) is 19.2 Å². The van der Waals surface area contributed by atoms with Gasteiger partial charge >= 0.3 is 0 Å². The first-order valence-electron chi connectivity index (χ1n) is 6.23. The molecular weight excluding hydrogens is 244 g/mol. The van der Waals surface area contributed by atoms with E-state index in [2.05, 4.69) is 0 Å². The fourth-order valence-corrected chi connectivity index (χ4v) is 2.47. The largest absolute Gasteiger partial charge is 0.302 e. The van der Waals surface area contributed by atoms with Crippen molar-refractivity contribution in [2.24, 2.45) is 5.41 Å². The van der Waals surface area contributed by atoms with Gasteiger partial charge in [-0.25, -0.2) is 0 Å². The molecule has 0 spiro atoms. The lowest BCUT2D eigenvalue weighted by atomic mass is 9.67. The summed E-state index contributed by atoms with van der Waals surface area (Å²) in [7, 11) is 0. The molecule has 0 saturated carbocycles. The molecule has 0 bridgehead atoms. The molecule has 1 atom stereocenters. The standard InChI is InChI=1S/C15H18O4/c1-5-15(8-16)7-13(10(3)18)12(9(2)17)6-14(15)11(4)19/h6,8H,5,7H2,1-4H3. The predicted octanol–water partition coefficient (Wildman–Crippen LogP) is 1.98. The van der Waals surface area contributed by atoms with Crippen LogP contribution >= 0.6 is 0 Å². The van der Waals surface area contributed by atoms with Gasteiger partial charge < -0.3 is 4.79 Å². The summed E-state index contributed by atoms with van der Waals surface area (Å²) in [5.41, 5.74) is -0.0681. The molecule has 0 aromatic heterocycles. The molecule has 1 aliphatic rings. The first kappa shape index (κ1) is 15.2. The topological polar surface area (TPSA) is 68.3 Å². The summed E-state index contributed by atoms with van der Waals surface area (Å²) < 4.78 is 0. The van der Waals surface area contributed by atoms with Gasteiger partial charge in [-0.2, -0.15) is 0 Å². The summed E-state index contributed by atoms with van der Waals surface area (Å²) >= 11 is 0. The van der Waals surface area contributed by atoms with Crippen molar-refractivity contribution in [2.75, 3.05) is 0 Å². The van der Waals surface area contributed by atoms with Crippen LogP contribution in [0.15, 0.2) is 22.8 Å². The fourth-order valence-electron chi connectivity index (χ4n) is 2.47. The number of carbonyl (C=O) groups is 4. The van der Waals surface area contributed by atoms with Gasteiger partial charge in [-0.05, 0) is 39.7 Å². The zero-order chi connectivity index (χ0) is 14.8. The van der Waals surface area contributed by atoms with E-state index in [1.807, 2.05) is 0 Å². The second-order valence-corrected chi connectivity index (χ2v) is 4.92. The number of hydrogen-bond acceptors (Lipinski definition) is 4. The summed E-state index contributed by atoms with van der Waals surface area (Å²) in [6.45, 7) is 5.89. The molecule has 4 nitrogen and oxygen atoms in total. The molecule has 102 valence electrons. The van der Waals surface area contributed by atoms with E-state index in [4.69, 9.17) is 0 Å². The van der Waals surface area contributed by atoms with Gasteiger partial charge in [0.05, 0.1) is 5.41 Å². The minimum absolute atomic E-state index is 0.128. The third kappa shape index (κ3) is 2.62. The minimum Gasteiger partial charge on any atom is -0.302 e. The smallest absolute Gasteiger partial charge is 0.160 e. The lowest BCUT2D eigenvalue weighted by Gasteiger charge is -2.33. The highest BCUT2D eigenvalue weighted by Crippen LogP contribution is 2.42. The molecular formula is C15H18O4. The summed E-state index contributed by atoms with van der Waals surface area (Å²) in [5.74, 6) is -0.737. The highest BCUT2D eigenvalue weighted by Gasteiger charge is 2.40. The molecule has 0 saturated heterocycles. The van der Waals surface area contributed by atoms with E-state index < -0.39 is 5.41 Å². The van der Waals surface area contributed by atoms with Crippen LogP contribution in [0.5, 0.6) is 0 Å². The molecule has 19 heavy (non-hydrogen) atoms. The van der Waals surface area contributed by atoms with E-state index in [0.29, 0.717) is 17.6 Å². The van der Waals surface area contributed by atoms with Crippen molar-refractivity contribution in [3.63, 3.8) is 0 Å². The van der Waals surface area contributed by atoms with E-state index in [1.165, 1.54) is 26.8 Å². The number of hydrogen-bond donors (Lipinski definition) is 0. The molecule has 0 N–H and O–H groups in total. The maximum Gasteiger partial charge on any atom is 0.160 e. The normalized spacial score (nSPS) is 22.8. The highest BCUT2D eigenvalue weighted by atomic mass is 16.1. The number of carbonyl (C=O) groups excluding carboxylic acids is 4. The summed E-state index contributed by atoms with van der Waals surface area (Å²) in [6.07, 6.45) is 2.69. The minimum atomic E-state index is -0.980. The Bertz CT molecular complexity index is 522. The summed E-state index contributed by atoms with van der Waals surface area (Å²) in [4.78, 5) is 46.5. The van der Waals surface area contributed by atoms with Crippen LogP contribution in [0, 0.1) is 5.41 Å². The third-order valence-electron chi connectivity index (χ3n) is 3.68. The average molecular weight is 262 g/mol. The van der Waals surface area contributed by atoms with E-state index in [0.717, 1.165) is 6.29 Å². The van der Waals surface area contributed by atoms with E-state index in [1.54, 1.807) is 6.92 Å². The van der Waals surface area contributed by atoms with Gasteiger partial charge in [0.15, 0.2) is 17.3 Å². The number of ketones is 3. The maximum atomic E-state index is 11.7. The lowest BCUT2D eigenvalue weighted by Crippen LogP contribution is -2.33. The zero-order valence-corrected chi connectivity index (χ0v) is 11.7. The van der Waals surface area contributed by atoms with Gasteiger partial charge in [-0.15, -0.1) is 0 Å². The summed E-state index contributed by atoms with van der Waals surface area (Å²) in [5, 5.41) is 0. The van der Waals surface area contributed by atoms with Crippen LogP contribution in [0.4, 0.5) is 0 Å².